The molecule has 0 radical (unpaired) electrons. The van der Waals surface area contributed by atoms with E-state index in [1.54, 1.807) is 11.3 Å². The molecule has 1 atom stereocenters. The summed E-state index contributed by atoms with van der Waals surface area (Å²) in [4.78, 5) is 4.82. The Balaban J connectivity index is 1.40. The van der Waals surface area contributed by atoms with E-state index in [4.69, 9.17) is 0 Å². The van der Waals surface area contributed by atoms with Crippen molar-refractivity contribution in [2.24, 2.45) is 0 Å². The van der Waals surface area contributed by atoms with E-state index in [1.807, 2.05) is 18.2 Å². The summed E-state index contributed by atoms with van der Waals surface area (Å²) >= 11 is 1.69. The molecule has 1 aliphatic heterocycles. The fourth-order valence-electron chi connectivity index (χ4n) is 3.32. The van der Waals surface area contributed by atoms with Gasteiger partial charge < -0.3 is 4.90 Å². The molecular formula is C20H22N4S. The molecule has 1 aliphatic rings. The van der Waals surface area contributed by atoms with E-state index in [2.05, 4.69) is 69.5 Å². The number of anilines is 1. The lowest BCUT2D eigenvalue weighted by molar-refractivity contribution is 0.250. The largest absolute Gasteiger partial charge is 0.345 e. The lowest BCUT2D eigenvalue weighted by Crippen LogP contribution is -2.34. The fourth-order valence-corrected chi connectivity index (χ4v) is 4.20. The minimum absolute atomic E-state index is 0.560. The minimum Gasteiger partial charge on any atom is -0.345 e. The van der Waals surface area contributed by atoms with Gasteiger partial charge in [-0.2, -0.15) is 0 Å². The van der Waals surface area contributed by atoms with Crippen molar-refractivity contribution in [3.63, 3.8) is 0 Å². The third-order valence-corrected chi connectivity index (χ3v) is 5.80. The summed E-state index contributed by atoms with van der Waals surface area (Å²) < 4.78 is 0. The van der Waals surface area contributed by atoms with Gasteiger partial charge in [0.25, 0.3) is 0 Å². The third-order valence-electron chi connectivity index (χ3n) is 4.77. The standard InChI is InChI=1S/C20H22N4S/c1-23(14-16-8-4-2-5-9-16)18-12-13-24(15-18)20-22-21-19(25-20)17-10-6-3-7-11-17/h2-11,18H,12-15H2,1H3. The van der Waals surface area contributed by atoms with Gasteiger partial charge >= 0.3 is 0 Å². The summed E-state index contributed by atoms with van der Waals surface area (Å²) in [5.41, 5.74) is 2.51. The Morgan fingerprint density at radius 2 is 1.76 bits per heavy atom. The summed E-state index contributed by atoms with van der Waals surface area (Å²) in [6, 6.07) is 21.5. The Kier molecular flexibility index (Phi) is 4.76. The molecule has 2 heterocycles. The summed E-state index contributed by atoms with van der Waals surface area (Å²) in [6.07, 6.45) is 1.17. The van der Waals surface area contributed by atoms with Crippen LogP contribution in [0.1, 0.15) is 12.0 Å². The molecule has 1 fully saturated rings. The zero-order chi connectivity index (χ0) is 17.1. The van der Waals surface area contributed by atoms with Crippen LogP contribution in [0.2, 0.25) is 0 Å². The van der Waals surface area contributed by atoms with Crippen LogP contribution in [-0.4, -0.2) is 41.3 Å². The van der Waals surface area contributed by atoms with Crippen LogP contribution in [0.4, 0.5) is 5.13 Å². The van der Waals surface area contributed by atoms with E-state index < -0.39 is 0 Å². The van der Waals surface area contributed by atoms with Gasteiger partial charge in [-0.05, 0) is 19.0 Å². The van der Waals surface area contributed by atoms with Crippen molar-refractivity contribution in [1.82, 2.24) is 15.1 Å². The zero-order valence-corrected chi connectivity index (χ0v) is 15.2. The second-order valence-electron chi connectivity index (χ2n) is 6.55. The van der Waals surface area contributed by atoms with Crippen molar-refractivity contribution >= 4 is 16.5 Å². The summed E-state index contributed by atoms with van der Waals surface area (Å²) in [6.45, 7) is 3.06. The van der Waals surface area contributed by atoms with E-state index in [0.29, 0.717) is 6.04 Å². The SMILES string of the molecule is CN(Cc1ccccc1)C1CCN(c2nnc(-c3ccccc3)s2)C1. The Morgan fingerprint density at radius 1 is 1.04 bits per heavy atom. The fraction of sp³-hybridized carbons (Fsp3) is 0.300. The number of benzene rings is 2. The van der Waals surface area contributed by atoms with Crippen molar-refractivity contribution < 1.29 is 0 Å². The number of nitrogens with zero attached hydrogens (tertiary/aromatic N) is 4. The highest BCUT2D eigenvalue weighted by molar-refractivity contribution is 7.18. The highest BCUT2D eigenvalue weighted by atomic mass is 32.1. The molecule has 3 aromatic rings. The Morgan fingerprint density at radius 3 is 2.52 bits per heavy atom. The number of rotatable bonds is 5. The van der Waals surface area contributed by atoms with Gasteiger partial charge in [-0.15, -0.1) is 10.2 Å². The van der Waals surface area contributed by atoms with Crippen LogP contribution in [0.5, 0.6) is 0 Å². The van der Waals surface area contributed by atoms with Crippen LogP contribution in [-0.2, 0) is 6.54 Å². The quantitative estimate of drug-likeness (QED) is 0.698. The van der Waals surface area contributed by atoms with Gasteiger partial charge in [0.05, 0.1) is 0 Å². The molecule has 25 heavy (non-hydrogen) atoms. The molecule has 5 heteroatoms. The molecule has 4 rings (SSSR count). The highest BCUT2D eigenvalue weighted by Gasteiger charge is 2.28. The second-order valence-corrected chi connectivity index (χ2v) is 7.50. The molecule has 0 N–H and O–H groups in total. The van der Waals surface area contributed by atoms with Crippen LogP contribution in [0.15, 0.2) is 60.7 Å². The normalized spacial score (nSPS) is 17.4. The molecule has 1 unspecified atom stereocenters. The Hall–Kier alpha value is -2.24. The van der Waals surface area contributed by atoms with Crippen LogP contribution >= 0.6 is 11.3 Å². The van der Waals surface area contributed by atoms with Crippen molar-refractivity contribution in [3.8, 4) is 10.6 Å². The second kappa shape index (κ2) is 7.33. The van der Waals surface area contributed by atoms with Crippen LogP contribution < -0.4 is 4.90 Å². The zero-order valence-electron chi connectivity index (χ0n) is 14.4. The molecule has 4 nitrogen and oxygen atoms in total. The van der Waals surface area contributed by atoms with Crippen LogP contribution in [0.3, 0.4) is 0 Å². The van der Waals surface area contributed by atoms with Gasteiger partial charge in [-0.3, -0.25) is 4.90 Å². The van der Waals surface area contributed by atoms with Crippen molar-refractivity contribution in [3.05, 3.63) is 66.2 Å². The molecule has 0 amide bonds. The van der Waals surface area contributed by atoms with Gasteiger partial charge in [0.15, 0.2) is 0 Å². The molecule has 0 aliphatic carbocycles. The Labute approximate surface area is 152 Å². The molecule has 2 aromatic carbocycles. The summed E-state index contributed by atoms with van der Waals surface area (Å²) in [5, 5.41) is 10.8. The number of hydrogen-bond donors (Lipinski definition) is 0. The number of aromatic nitrogens is 2. The van der Waals surface area contributed by atoms with E-state index in [0.717, 1.165) is 35.3 Å². The van der Waals surface area contributed by atoms with Gasteiger partial charge in [-0.1, -0.05) is 72.0 Å². The predicted octanol–water partition coefficient (Wildman–Crippen LogP) is 3.92. The maximum absolute atomic E-state index is 4.43. The van der Waals surface area contributed by atoms with Gasteiger partial charge in [0.2, 0.25) is 5.13 Å². The molecule has 0 bridgehead atoms. The molecular weight excluding hydrogens is 328 g/mol. The van der Waals surface area contributed by atoms with Crippen LogP contribution in [0, 0.1) is 0 Å². The summed E-state index contributed by atoms with van der Waals surface area (Å²) in [7, 11) is 2.22. The lowest BCUT2D eigenvalue weighted by Gasteiger charge is -2.24. The van der Waals surface area contributed by atoms with E-state index in [9.17, 15) is 0 Å². The lowest BCUT2D eigenvalue weighted by atomic mass is 10.1. The Bertz CT molecular complexity index is 803. The van der Waals surface area contributed by atoms with E-state index in [1.165, 1.54) is 12.0 Å². The number of hydrogen-bond acceptors (Lipinski definition) is 5. The van der Waals surface area contributed by atoms with Crippen molar-refractivity contribution in [2.45, 2.75) is 19.0 Å². The third kappa shape index (κ3) is 3.72. The average Bonchev–Trinajstić information content (AvgIpc) is 3.33. The first-order chi connectivity index (χ1) is 12.3. The maximum Gasteiger partial charge on any atom is 0.208 e. The molecule has 1 saturated heterocycles. The number of likely N-dealkylation sites (N-methyl/N-ethyl adjacent to an activating group) is 1. The first kappa shape index (κ1) is 16.2. The van der Waals surface area contributed by atoms with E-state index in [-0.39, 0.29) is 0 Å². The van der Waals surface area contributed by atoms with Gasteiger partial charge in [0.1, 0.15) is 5.01 Å². The average molecular weight is 350 g/mol. The molecule has 1 aromatic heterocycles. The molecule has 128 valence electrons. The minimum atomic E-state index is 0.560. The summed E-state index contributed by atoms with van der Waals surface area (Å²) in [5.74, 6) is 0. The molecule has 0 saturated carbocycles. The highest BCUT2D eigenvalue weighted by Crippen LogP contribution is 2.31. The van der Waals surface area contributed by atoms with Crippen LogP contribution in [0.25, 0.3) is 10.6 Å². The van der Waals surface area contributed by atoms with Crippen molar-refractivity contribution in [1.29, 1.82) is 0 Å². The first-order valence-electron chi connectivity index (χ1n) is 8.67. The van der Waals surface area contributed by atoms with Gasteiger partial charge in [0, 0.05) is 31.2 Å². The molecule has 0 spiro atoms. The topological polar surface area (TPSA) is 32.3 Å². The first-order valence-corrected chi connectivity index (χ1v) is 9.49. The maximum atomic E-state index is 4.43. The predicted molar refractivity (Wildman–Crippen MR) is 104 cm³/mol. The smallest absolute Gasteiger partial charge is 0.208 e. The van der Waals surface area contributed by atoms with Gasteiger partial charge in [-0.25, -0.2) is 0 Å². The van der Waals surface area contributed by atoms with E-state index >= 15 is 0 Å². The monoisotopic (exact) mass is 350 g/mol. The van der Waals surface area contributed by atoms with Crippen molar-refractivity contribution in [2.75, 3.05) is 25.0 Å².